The number of hydrogen-bond acceptors (Lipinski definition) is 13. The smallest absolute Gasteiger partial charge is 0.203 e. The lowest BCUT2D eigenvalue weighted by Gasteiger charge is -2.34. The number of fused-ring (bicyclic) bond motifs is 3. The van der Waals surface area contributed by atoms with Gasteiger partial charge in [-0.25, -0.2) is 0 Å². The molecule has 0 aromatic heterocycles. The van der Waals surface area contributed by atoms with Gasteiger partial charge >= 0.3 is 0 Å². The van der Waals surface area contributed by atoms with E-state index in [2.05, 4.69) is 0 Å². The average Bonchev–Trinajstić information content (AvgIpc) is 3.56. The molecule has 0 saturated carbocycles. The predicted molar refractivity (Wildman–Crippen MR) is 194 cm³/mol. The first-order valence-corrected chi connectivity index (χ1v) is 16.9. The molecule has 0 aliphatic carbocycles. The zero-order chi connectivity index (χ0) is 38.0. The summed E-state index contributed by atoms with van der Waals surface area (Å²) in [6.07, 6.45) is -1.74. The van der Waals surface area contributed by atoms with Crippen LogP contribution in [0, 0.1) is 0 Å². The van der Waals surface area contributed by atoms with Crippen molar-refractivity contribution in [2.24, 2.45) is 0 Å². The minimum absolute atomic E-state index is 0.222. The molecule has 4 atom stereocenters. The fourth-order valence-electron chi connectivity index (χ4n) is 7.37. The minimum atomic E-state index is -0.956. The van der Waals surface area contributed by atoms with Crippen LogP contribution in [0.3, 0.4) is 0 Å². The number of benzene rings is 4. The Morgan fingerprint density at radius 3 is 1.49 bits per heavy atom. The highest BCUT2D eigenvalue weighted by Crippen LogP contribution is 2.57. The van der Waals surface area contributed by atoms with Crippen molar-refractivity contribution in [1.82, 2.24) is 0 Å². The van der Waals surface area contributed by atoms with Gasteiger partial charge in [0.15, 0.2) is 29.1 Å². The number of rotatable bonds is 14. The van der Waals surface area contributed by atoms with Crippen LogP contribution in [-0.4, -0.2) is 88.4 Å². The molecule has 4 aromatic rings. The molecule has 0 unspecified atom stereocenters. The fraction of sp³-hybridized carbons (Fsp3) is 0.400. The monoisotopic (exact) mass is 734 g/mol. The molecular weight excluding hydrogens is 688 g/mol. The van der Waals surface area contributed by atoms with Gasteiger partial charge in [0.05, 0.1) is 83.1 Å². The highest BCUT2D eigenvalue weighted by Gasteiger charge is 2.45. The number of aliphatic hydroxyl groups is 1. The SMILES string of the molecule is COc1cc(OC)c(C[C@H]2Oc3cc(OC)c4c(c3[C@H]2c2cc(OC)c(OC)c(OC)c2)O[C@H](c2cc(OC)c(OC)c(OC)c2)[C@H](O)C4)c(OC)c1. The van der Waals surface area contributed by atoms with Gasteiger partial charge in [-0.05, 0) is 29.8 Å². The molecule has 13 nitrogen and oxygen atoms in total. The Balaban J connectivity index is 1.57. The lowest BCUT2D eigenvalue weighted by Crippen LogP contribution is -2.31. The van der Waals surface area contributed by atoms with Crippen molar-refractivity contribution in [1.29, 1.82) is 0 Å². The van der Waals surface area contributed by atoms with E-state index in [1.165, 1.54) is 7.11 Å². The number of hydrogen-bond donors (Lipinski definition) is 1. The van der Waals surface area contributed by atoms with Crippen LogP contribution < -0.4 is 56.8 Å². The average molecular weight is 735 g/mol. The van der Waals surface area contributed by atoms with E-state index < -0.39 is 24.2 Å². The second kappa shape index (κ2) is 15.6. The van der Waals surface area contributed by atoms with E-state index in [9.17, 15) is 5.11 Å². The van der Waals surface area contributed by atoms with Crippen LogP contribution in [0.1, 0.15) is 39.8 Å². The van der Waals surface area contributed by atoms with Crippen molar-refractivity contribution in [3.05, 3.63) is 70.3 Å². The van der Waals surface area contributed by atoms with Crippen LogP contribution >= 0.6 is 0 Å². The van der Waals surface area contributed by atoms with Gasteiger partial charge < -0.3 is 61.9 Å². The molecule has 0 radical (unpaired) electrons. The Morgan fingerprint density at radius 1 is 0.547 bits per heavy atom. The van der Waals surface area contributed by atoms with Crippen LogP contribution in [-0.2, 0) is 12.8 Å². The largest absolute Gasteiger partial charge is 0.496 e. The molecule has 2 heterocycles. The zero-order valence-electron chi connectivity index (χ0n) is 31.6. The Hall–Kier alpha value is -5.56. The molecule has 1 N–H and O–H groups in total. The van der Waals surface area contributed by atoms with Crippen molar-refractivity contribution < 1.29 is 61.9 Å². The molecule has 6 rings (SSSR count). The molecule has 2 aliphatic heterocycles. The predicted octanol–water partition coefficient (Wildman–Crippen LogP) is 5.95. The van der Waals surface area contributed by atoms with Crippen LogP contribution in [0.25, 0.3) is 0 Å². The van der Waals surface area contributed by atoms with E-state index in [0.29, 0.717) is 86.5 Å². The van der Waals surface area contributed by atoms with Gasteiger partial charge in [-0.3, -0.25) is 0 Å². The lowest BCUT2D eigenvalue weighted by molar-refractivity contribution is 0.0190. The van der Waals surface area contributed by atoms with Gasteiger partial charge in [0.25, 0.3) is 0 Å². The van der Waals surface area contributed by atoms with Crippen molar-refractivity contribution in [3.63, 3.8) is 0 Å². The van der Waals surface area contributed by atoms with E-state index >= 15 is 0 Å². The first-order chi connectivity index (χ1) is 25.7. The van der Waals surface area contributed by atoms with Crippen molar-refractivity contribution in [2.45, 2.75) is 37.1 Å². The molecule has 4 aromatic carbocycles. The van der Waals surface area contributed by atoms with Crippen LogP contribution in [0.2, 0.25) is 0 Å². The van der Waals surface area contributed by atoms with Gasteiger partial charge in [0.2, 0.25) is 11.5 Å². The molecule has 13 heteroatoms. The minimum Gasteiger partial charge on any atom is -0.496 e. The second-order valence-corrected chi connectivity index (χ2v) is 12.4. The highest BCUT2D eigenvalue weighted by atomic mass is 16.5. The topological polar surface area (TPSA) is 131 Å². The molecule has 0 saturated heterocycles. The highest BCUT2D eigenvalue weighted by molar-refractivity contribution is 5.66. The van der Waals surface area contributed by atoms with Crippen molar-refractivity contribution >= 4 is 0 Å². The van der Waals surface area contributed by atoms with Gasteiger partial charge in [-0.15, -0.1) is 0 Å². The number of ether oxygens (including phenoxy) is 12. The van der Waals surface area contributed by atoms with E-state index in [1.54, 1.807) is 76.1 Å². The number of aliphatic hydroxyl groups excluding tert-OH is 1. The lowest BCUT2D eigenvalue weighted by atomic mass is 9.82. The Kier molecular flexibility index (Phi) is 10.9. The van der Waals surface area contributed by atoms with Crippen molar-refractivity contribution in [2.75, 3.05) is 71.1 Å². The summed E-state index contributed by atoms with van der Waals surface area (Å²) in [4.78, 5) is 0. The van der Waals surface area contributed by atoms with E-state index in [1.807, 2.05) is 30.3 Å². The maximum atomic E-state index is 11.7. The summed E-state index contributed by atoms with van der Waals surface area (Å²) in [6, 6.07) is 12.8. The standard InChI is InChI=1S/C40H46O13/c1-42-22-15-26(43-2)23(27(16-22)44-3)18-29-35(20-11-31(46-5)39(50-9)32(12-20)47-6)36-30(52-29)19-28(45-4)24-17-25(41)37(53-38(24)36)21-13-33(48-7)40(51-10)34(14-21)49-8/h11-16,19,25,29,35,37,41H,17-18H2,1-10H3/t25-,29-,35+,37-/m1/s1. The van der Waals surface area contributed by atoms with Gasteiger partial charge in [0.1, 0.15) is 40.6 Å². The Morgan fingerprint density at radius 2 is 1.04 bits per heavy atom. The summed E-state index contributed by atoms with van der Waals surface area (Å²) in [7, 11) is 15.7. The quantitative estimate of drug-likeness (QED) is 0.164. The third-order valence-electron chi connectivity index (χ3n) is 9.82. The molecular formula is C40H46O13. The first-order valence-electron chi connectivity index (χ1n) is 16.9. The molecule has 0 fully saturated rings. The summed E-state index contributed by atoms with van der Waals surface area (Å²) >= 11 is 0. The summed E-state index contributed by atoms with van der Waals surface area (Å²) < 4.78 is 71.0. The van der Waals surface area contributed by atoms with Crippen LogP contribution in [0.4, 0.5) is 0 Å². The molecule has 284 valence electrons. The van der Waals surface area contributed by atoms with E-state index in [-0.39, 0.29) is 6.42 Å². The molecule has 0 amide bonds. The summed E-state index contributed by atoms with van der Waals surface area (Å²) in [5.74, 6) is 5.55. The summed E-state index contributed by atoms with van der Waals surface area (Å²) in [5.41, 5.74) is 3.67. The third-order valence-corrected chi connectivity index (χ3v) is 9.82. The van der Waals surface area contributed by atoms with Gasteiger partial charge in [-0.2, -0.15) is 0 Å². The first kappa shape index (κ1) is 37.2. The molecule has 2 aliphatic rings. The van der Waals surface area contributed by atoms with Crippen molar-refractivity contribution in [3.8, 4) is 69.0 Å². The van der Waals surface area contributed by atoms with Gasteiger partial charge in [0, 0.05) is 53.3 Å². The maximum Gasteiger partial charge on any atom is 0.203 e. The zero-order valence-corrected chi connectivity index (χ0v) is 31.6. The van der Waals surface area contributed by atoms with Gasteiger partial charge in [-0.1, -0.05) is 0 Å². The van der Waals surface area contributed by atoms with Crippen LogP contribution in [0.15, 0.2) is 42.5 Å². The summed E-state index contributed by atoms with van der Waals surface area (Å²) in [5, 5.41) is 11.7. The third kappa shape index (κ3) is 6.54. The fourth-order valence-corrected chi connectivity index (χ4v) is 7.37. The van der Waals surface area contributed by atoms with E-state index in [0.717, 1.165) is 16.7 Å². The second-order valence-electron chi connectivity index (χ2n) is 12.4. The normalized spacial score (nSPS) is 18.4. The Labute approximate surface area is 309 Å². The molecule has 0 bridgehead atoms. The summed E-state index contributed by atoms with van der Waals surface area (Å²) in [6.45, 7) is 0. The van der Waals surface area contributed by atoms with Crippen LogP contribution in [0.5, 0.6) is 69.0 Å². The molecule has 53 heavy (non-hydrogen) atoms. The number of methoxy groups -OCH3 is 10. The molecule has 0 spiro atoms. The van der Waals surface area contributed by atoms with E-state index in [4.69, 9.17) is 56.8 Å². The Bertz CT molecular complexity index is 1880. The maximum absolute atomic E-state index is 11.7.